The molecule has 2 rings (SSSR count). The van der Waals surface area contributed by atoms with E-state index in [2.05, 4.69) is 9.97 Å². The zero-order valence-corrected chi connectivity index (χ0v) is 9.60. The summed E-state index contributed by atoms with van der Waals surface area (Å²) >= 11 is 0. The Balaban J connectivity index is 2.33. The molecule has 0 spiro atoms. The van der Waals surface area contributed by atoms with E-state index < -0.39 is 0 Å². The SMILES string of the molecule is CC(N)Cc1ccnc(-c2cccc(F)c2)n1. The van der Waals surface area contributed by atoms with Gasteiger partial charge in [-0.05, 0) is 25.1 Å². The van der Waals surface area contributed by atoms with Crippen LogP contribution in [-0.2, 0) is 6.42 Å². The van der Waals surface area contributed by atoms with Crippen molar-refractivity contribution in [2.45, 2.75) is 19.4 Å². The van der Waals surface area contributed by atoms with Crippen molar-refractivity contribution in [3.8, 4) is 11.4 Å². The Kier molecular flexibility index (Phi) is 3.44. The van der Waals surface area contributed by atoms with Crippen molar-refractivity contribution in [1.82, 2.24) is 9.97 Å². The first-order valence-electron chi connectivity index (χ1n) is 5.48. The summed E-state index contributed by atoms with van der Waals surface area (Å²) in [5, 5.41) is 0. The van der Waals surface area contributed by atoms with E-state index in [1.165, 1.54) is 12.1 Å². The molecule has 0 saturated heterocycles. The molecule has 2 aromatic rings. The Hall–Kier alpha value is -1.81. The van der Waals surface area contributed by atoms with Gasteiger partial charge in [0.05, 0.1) is 0 Å². The van der Waals surface area contributed by atoms with Gasteiger partial charge in [-0.1, -0.05) is 12.1 Å². The molecule has 4 heteroatoms. The molecule has 1 atom stereocenters. The second kappa shape index (κ2) is 5.01. The fourth-order valence-electron chi connectivity index (χ4n) is 1.61. The third-order valence-electron chi connectivity index (χ3n) is 2.33. The number of nitrogens with two attached hydrogens (primary N) is 1. The van der Waals surface area contributed by atoms with Gasteiger partial charge < -0.3 is 5.73 Å². The quantitative estimate of drug-likeness (QED) is 0.880. The van der Waals surface area contributed by atoms with Crippen LogP contribution in [0, 0.1) is 5.82 Å². The van der Waals surface area contributed by atoms with Crippen molar-refractivity contribution in [3.63, 3.8) is 0 Å². The third-order valence-corrected chi connectivity index (χ3v) is 2.33. The molecule has 0 aliphatic heterocycles. The maximum atomic E-state index is 13.1. The fraction of sp³-hybridized carbons (Fsp3) is 0.231. The predicted octanol–water partition coefficient (Wildman–Crippen LogP) is 2.17. The first-order valence-corrected chi connectivity index (χ1v) is 5.48. The average molecular weight is 231 g/mol. The molecular weight excluding hydrogens is 217 g/mol. The molecule has 0 radical (unpaired) electrons. The molecule has 1 unspecified atom stereocenters. The largest absolute Gasteiger partial charge is 0.328 e. The summed E-state index contributed by atoms with van der Waals surface area (Å²) in [6.45, 7) is 1.92. The molecule has 88 valence electrons. The van der Waals surface area contributed by atoms with Crippen LogP contribution in [0.2, 0.25) is 0 Å². The van der Waals surface area contributed by atoms with Crippen LogP contribution < -0.4 is 5.73 Å². The second-order valence-corrected chi connectivity index (χ2v) is 4.06. The number of hydrogen-bond donors (Lipinski definition) is 1. The van der Waals surface area contributed by atoms with Crippen molar-refractivity contribution < 1.29 is 4.39 Å². The lowest BCUT2D eigenvalue weighted by molar-refractivity contribution is 0.628. The van der Waals surface area contributed by atoms with Gasteiger partial charge in [-0.25, -0.2) is 14.4 Å². The number of halogens is 1. The predicted molar refractivity (Wildman–Crippen MR) is 64.8 cm³/mol. The maximum absolute atomic E-state index is 13.1. The Bertz CT molecular complexity index is 512. The molecule has 3 nitrogen and oxygen atoms in total. The van der Waals surface area contributed by atoms with Gasteiger partial charge in [-0.3, -0.25) is 0 Å². The summed E-state index contributed by atoms with van der Waals surface area (Å²) < 4.78 is 13.1. The third kappa shape index (κ3) is 3.07. The van der Waals surface area contributed by atoms with Crippen LogP contribution in [0.25, 0.3) is 11.4 Å². The van der Waals surface area contributed by atoms with E-state index in [-0.39, 0.29) is 11.9 Å². The molecule has 0 aliphatic rings. The van der Waals surface area contributed by atoms with Crippen LogP contribution in [0.3, 0.4) is 0 Å². The number of benzene rings is 1. The van der Waals surface area contributed by atoms with Crippen LogP contribution in [0.15, 0.2) is 36.5 Å². The topological polar surface area (TPSA) is 51.8 Å². The Morgan fingerprint density at radius 1 is 1.35 bits per heavy atom. The van der Waals surface area contributed by atoms with E-state index in [0.29, 0.717) is 17.8 Å². The summed E-state index contributed by atoms with van der Waals surface area (Å²) in [4.78, 5) is 8.51. The molecule has 1 aromatic heterocycles. The minimum absolute atomic E-state index is 0.0465. The smallest absolute Gasteiger partial charge is 0.159 e. The Morgan fingerprint density at radius 3 is 2.88 bits per heavy atom. The highest BCUT2D eigenvalue weighted by Gasteiger charge is 2.05. The summed E-state index contributed by atoms with van der Waals surface area (Å²) in [5.41, 5.74) is 7.26. The van der Waals surface area contributed by atoms with Gasteiger partial charge in [0.15, 0.2) is 5.82 Å². The lowest BCUT2D eigenvalue weighted by Crippen LogP contribution is -2.18. The van der Waals surface area contributed by atoms with Crippen LogP contribution in [0.1, 0.15) is 12.6 Å². The molecule has 1 heterocycles. The molecule has 2 N–H and O–H groups in total. The van der Waals surface area contributed by atoms with E-state index in [4.69, 9.17) is 5.73 Å². The van der Waals surface area contributed by atoms with Crippen LogP contribution in [-0.4, -0.2) is 16.0 Å². The van der Waals surface area contributed by atoms with Gasteiger partial charge in [0.1, 0.15) is 5.82 Å². The zero-order valence-electron chi connectivity index (χ0n) is 9.60. The molecule has 0 bridgehead atoms. The first-order chi connectivity index (χ1) is 8.15. The molecule has 0 saturated carbocycles. The standard InChI is InChI=1S/C13H14FN3/c1-9(15)7-12-5-6-16-13(17-12)10-3-2-4-11(14)8-10/h2-6,8-9H,7,15H2,1H3. The lowest BCUT2D eigenvalue weighted by Gasteiger charge is -2.06. The van der Waals surface area contributed by atoms with Gasteiger partial charge in [-0.2, -0.15) is 0 Å². The molecule has 0 amide bonds. The summed E-state index contributed by atoms with van der Waals surface area (Å²) in [6.07, 6.45) is 2.36. The van der Waals surface area contributed by atoms with E-state index in [9.17, 15) is 4.39 Å². The highest BCUT2D eigenvalue weighted by atomic mass is 19.1. The lowest BCUT2D eigenvalue weighted by atomic mass is 10.1. The van der Waals surface area contributed by atoms with E-state index in [0.717, 1.165) is 5.69 Å². The van der Waals surface area contributed by atoms with E-state index in [1.807, 2.05) is 13.0 Å². The van der Waals surface area contributed by atoms with Crippen molar-refractivity contribution in [2.24, 2.45) is 5.73 Å². The first kappa shape index (κ1) is 11.7. The van der Waals surface area contributed by atoms with Gasteiger partial charge in [0, 0.05) is 29.9 Å². The number of hydrogen-bond acceptors (Lipinski definition) is 3. The van der Waals surface area contributed by atoms with Crippen molar-refractivity contribution >= 4 is 0 Å². The summed E-state index contributed by atoms with van der Waals surface area (Å²) in [7, 11) is 0. The van der Waals surface area contributed by atoms with E-state index in [1.54, 1.807) is 18.3 Å². The molecule has 1 aromatic carbocycles. The highest BCUT2D eigenvalue weighted by Crippen LogP contribution is 2.15. The molecule has 0 fully saturated rings. The van der Waals surface area contributed by atoms with Gasteiger partial charge in [0.2, 0.25) is 0 Å². The van der Waals surface area contributed by atoms with E-state index >= 15 is 0 Å². The van der Waals surface area contributed by atoms with Crippen molar-refractivity contribution in [2.75, 3.05) is 0 Å². The Morgan fingerprint density at radius 2 is 2.18 bits per heavy atom. The average Bonchev–Trinajstić information content (AvgIpc) is 2.28. The summed E-state index contributed by atoms with van der Waals surface area (Å²) in [5.74, 6) is 0.242. The zero-order chi connectivity index (χ0) is 12.3. The maximum Gasteiger partial charge on any atom is 0.159 e. The minimum Gasteiger partial charge on any atom is -0.328 e. The van der Waals surface area contributed by atoms with Crippen molar-refractivity contribution in [3.05, 3.63) is 48.0 Å². The second-order valence-electron chi connectivity index (χ2n) is 4.06. The molecule has 0 aliphatic carbocycles. The Labute approximate surface area is 99.5 Å². The number of rotatable bonds is 3. The number of aromatic nitrogens is 2. The minimum atomic E-state index is -0.288. The van der Waals surface area contributed by atoms with Crippen LogP contribution in [0.5, 0.6) is 0 Å². The van der Waals surface area contributed by atoms with Gasteiger partial charge >= 0.3 is 0 Å². The van der Waals surface area contributed by atoms with Gasteiger partial charge in [0.25, 0.3) is 0 Å². The monoisotopic (exact) mass is 231 g/mol. The van der Waals surface area contributed by atoms with Crippen LogP contribution in [0.4, 0.5) is 4.39 Å². The van der Waals surface area contributed by atoms with Crippen LogP contribution >= 0.6 is 0 Å². The highest BCUT2D eigenvalue weighted by molar-refractivity contribution is 5.54. The number of nitrogens with zero attached hydrogens (tertiary/aromatic N) is 2. The molecule has 17 heavy (non-hydrogen) atoms. The van der Waals surface area contributed by atoms with Crippen molar-refractivity contribution in [1.29, 1.82) is 0 Å². The van der Waals surface area contributed by atoms with Gasteiger partial charge in [-0.15, -0.1) is 0 Å². The normalized spacial score (nSPS) is 12.4. The molecular formula is C13H14FN3. The fourth-order valence-corrected chi connectivity index (χ4v) is 1.61. The summed E-state index contributed by atoms with van der Waals surface area (Å²) in [6, 6.07) is 8.12.